The lowest BCUT2D eigenvalue weighted by molar-refractivity contribution is -0.140. The molecule has 0 saturated carbocycles. The van der Waals surface area contributed by atoms with Crippen LogP contribution in [0.2, 0.25) is 0 Å². The van der Waals surface area contributed by atoms with E-state index in [0.717, 1.165) is 16.7 Å². The minimum atomic E-state index is -4.43. The van der Waals surface area contributed by atoms with Gasteiger partial charge in [0, 0.05) is 18.8 Å². The summed E-state index contributed by atoms with van der Waals surface area (Å²) in [6.07, 6.45) is -3.57. The van der Waals surface area contributed by atoms with Crippen LogP contribution in [0.1, 0.15) is 23.5 Å². The molecule has 0 fully saturated rings. The standard InChI is InChI=1S/C10H14F3N3OS.ClH/c1-16(9(17)3-2-4-14)5-8-15-7(6-18-8)10(11,12)13;/h6H,2-5,14H2,1H3;1H. The summed E-state index contributed by atoms with van der Waals surface area (Å²) < 4.78 is 36.9. The van der Waals surface area contributed by atoms with Crippen molar-refractivity contribution in [2.75, 3.05) is 13.6 Å². The predicted molar refractivity (Wildman–Crippen MR) is 69.1 cm³/mol. The molecule has 1 aromatic heterocycles. The molecule has 1 amide bonds. The van der Waals surface area contributed by atoms with E-state index in [-0.39, 0.29) is 29.9 Å². The molecule has 2 N–H and O–H groups in total. The average molecular weight is 318 g/mol. The minimum Gasteiger partial charge on any atom is -0.339 e. The summed E-state index contributed by atoms with van der Waals surface area (Å²) in [5, 5.41) is 1.22. The van der Waals surface area contributed by atoms with Crippen molar-refractivity contribution in [2.24, 2.45) is 5.73 Å². The zero-order valence-corrected chi connectivity index (χ0v) is 11.9. The second kappa shape index (κ2) is 7.66. The van der Waals surface area contributed by atoms with Gasteiger partial charge in [0.15, 0.2) is 5.69 Å². The molecule has 9 heteroatoms. The van der Waals surface area contributed by atoms with Gasteiger partial charge in [0.1, 0.15) is 5.01 Å². The molecule has 19 heavy (non-hydrogen) atoms. The Morgan fingerprint density at radius 2 is 2.16 bits per heavy atom. The molecule has 4 nitrogen and oxygen atoms in total. The molecule has 0 bridgehead atoms. The van der Waals surface area contributed by atoms with E-state index < -0.39 is 11.9 Å². The lowest BCUT2D eigenvalue weighted by atomic mass is 10.3. The second-order valence-corrected chi connectivity index (χ2v) is 4.71. The van der Waals surface area contributed by atoms with Gasteiger partial charge in [-0.05, 0) is 13.0 Å². The summed E-state index contributed by atoms with van der Waals surface area (Å²) in [4.78, 5) is 16.3. The van der Waals surface area contributed by atoms with Gasteiger partial charge in [0.05, 0.1) is 6.54 Å². The molecule has 0 aliphatic heterocycles. The molecule has 1 heterocycles. The SMILES string of the molecule is CN(Cc1nc(C(F)(F)F)cs1)C(=O)CCCN.Cl. The molecule has 0 radical (unpaired) electrons. The normalized spacial score (nSPS) is 11.0. The first kappa shape index (κ1) is 18.1. The summed E-state index contributed by atoms with van der Waals surface area (Å²) in [7, 11) is 1.54. The lowest BCUT2D eigenvalue weighted by Crippen LogP contribution is -2.26. The molecule has 1 rings (SSSR count). The number of amides is 1. The number of hydrogen-bond donors (Lipinski definition) is 1. The number of halogens is 4. The van der Waals surface area contributed by atoms with Crippen LogP contribution in [0.5, 0.6) is 0 Å². The van der Waals surface area contributed by atoms with E-state index in [9.17, 15) is 18.0 Å². The van der Waals surface area contributed by atoms with Crippen LogP contribution in [0.3, 0.4) is 0 Å². The Labute approximate surface area is 119 Å². The summed E-state index contributed by atoms with van der Waals surface area (Å²) in [6.45, 7) is 0.499. The quantitative estimate of drug-likeness (QED) is 0.906. The van der Waals surface area contributed by atoms with Crippen LogP contribution in [0.25, 0.3) is 0 Å². The number of hydrogen-bond acceptors (Lipinski definition) is 4. The maximum Gasteiger partial charge on any atom is 0.434 e. The Kier molecular flexibility index (Phi) is 7.32. The van der Waals surface area contributed by atoms with E-state index in [1.165, 1.54) is 11.9 Å². The molecule has 0 aliphatic carbocycles. The Hall–Kier alpha value is -0.860. The van der Waals surface area contributed by atoms with Crippen molar-refractivity contribution >= 4 is 29.7 Å². The van der Waals surface area contributed by atoms with E-state index in [2.05, 4.69) is 4.98 Å². The Morgan fingerprint density at radius 1 is 1.53 bits per heavy atom. The average Bonchev–Trinajstić information content (AvgIpc) is 2.73. The molecule has 0 aromatic carbocycles. The van der Waals surface area contributed by atoms with Crippen molar-refractivity contribution in [3.05, 3.63) is 16.1 Å². The highest BCUT2D eigenvalue weighted by atomic mass is 35.5. The number of aromatic nitrogens is 1. The predicted octanol–water partition coefficient (Wildman–Crippen LogP) is 2.28. The Morgan fingerprint density at radius 3 is 2.63 bits per heavy atom. The van der Waals surface area contributed by atoms with Gasteiger partial charge < -0.3 is 10.6 Å². The van der Waals surface area contributed by atoms with Crippen LogP contribution in [0.4, 0.5) is 13.2 Å². The van der Waals surface area contributed by atoms with Crippen molar-refractivity contribution in [3.63, 3.8) is 0 Å². The number of thiazole rings is 1. The molecule has 0 unspecified atom stereocenters. The van der Waals surface area contributed by atoms with Crippen LogP contribution < -0.4 is 5.73 Å². The van der Waals surface area contributed by atoms with E-state index >= 15 is 0 Å². The number of nitrogens with zero attached hydrogens (tertiary/aromatic N) is 2. The van der Waals surface area contributed by atoms with Gasteiger partial charge in [-0.25, -0.2) is 4.98 Å². The van der Waals surface area contributed by atoms with Gasteiger partial charge in [-0.3, -0.25) is 4.79 Å². The van der Waals surface area contributed by atoms with E-state index in [0.29, 0.717) is 19.4 Å². The molecular weight excluding hydrogens is 303 g/mol. The fraction of sp³-hybridized carbons (Fsp3) is 0.600. The summed E-state index contributed by atoms with van der Waals surface area (Å²) in [6, 6.07) is 0. The van der Waals surface area contributed by atoms with E-state index in [1.54, 1.807) is 0 Å². The van der Waals surface area contributed by atoms with Gasteiger partial charge >= 0.3 is 6.18 Å². The maximum absolute atomic E-state index is 12.3. The van der Waals surface area contributed by atoms with Gasteiger partial charge in [-0.1, -0.05) is 0 Å². The first-order chi connectivity index (χ1) is 8.34. The zero-order chi connectivity index (χ0) is 13.8. The first-order valence-electron chi connectivity index (χ1n) is 5.30. The lowest BCUT2D eigenvalue weighted by Gasteiger charge is -2.15. The van der Waals surface area contributed by atoms with Gasteiger partial charge in [0.25, 0.3) is 0 Å². The maximum atomic E-state index is 12.3. The van der Waals surface area contributed by atoms with Gasteiger partial charge in [-0.15, -0.1) is 23.7 Å². The Bertz CT molecular complexity index is 411. The molecule has 110 valence electrons. The minimum absolute atomic E-state index is 0. The summed E-state index contributed by atoms with van der Waals surface area (Å²) >= 11 is 0.896. The highest BCUT2D eigenvalue weighted by molar-refractivity contribution is 7.09. The fourth-order valence-electron chi connectivity index (χ4n) is 1.25. The van der Waals surface area contributed by atoms with Gasteiger partial charge in [-0.2, -0.15) is 13.2 Å². The monoisotopic (exact) mass is 317 g/mol. The highest BCUT2D eigenvalue weighted by Gasteiger charge is 2.33. The van der Waals surface area contributed by atoms with Crippen molar-refractivity contribution < 1.29 is 18.0 Å². The molecule has 0 spiro atoms. The summed E-state index contributed by atoms with van der Waals surface area (Å²) in [5.41, 5.74) is 4.36. The molecule has 0 atom stereocenters. The third-order valence-corrected chi connectivity index (χ3v) is 3.07. The van der Waals surface area contributed by atoms with Gasteiger partial charge in [0.2, 0.25) is 5.91 Å². The van der Waals surface area contributed by atoms with Crippen LogP contribution >= 0.6 is 23.7 Å². The topological polar surface area (TPSA) is 59.2 Å². The number of rotatable bonds is 5. The van der Waals surface area contributed by atoms with Crippen LogP contribution in [0.15, 0.2) is 5.38 Å². The number of alkyl halides is 3. The van der Waals surface area contributed by atoms with Crippen molar-refractivity contribution in [2.45, 2.75) is 25.6 Å². The third kappa shape index (κ3) is 5.75. The number of nitrogens with two attached hydrogens (primary N) is 1. The highest BCUT2D eigenvalue weighted by Crippen LogP contribution is 2.30. The second-order valence-electron chi connectivity index (χ2n) is 3.77. The number of carbonyl (C=O) groups is 1. The largest absolute Gasteiger partial charge is 0.434 e. The summed E-state index contributed by atoms with van der Waals surface area (Å²) in [5.74, 6) is -0.149. The van der Waals surface area contributed by atoms with Crippen LogP contribution in [-0.2, 0) is 17.5 Å². The smallest absolute Gasteiger partial charge is 0.339 e. The zero-order valence-electron chi connectivity index (χ0n) is 10.2. The van der Waals surface area contributed by atoms with Crippen LogP contribution in [-0.4, -0.2) is 29.4 Å². The fourth-order valence-corrected chi connectivity index (χ4v) is 2.10. The third-order valence-electron chi connectivity index (χ3n) is 2.24. The van der Waals surface area contributed by atoms with Crippen molar-refractivity contribution in [1.29, 1.82) is 0 Å². The Balaban J connectivity index is 0.00000324. The van der Waals surface area contributed by atoms with E-state index in [4.69, 9.17) is 5.73 Å². The molecular formula is C10H15ClF3N3OS. The number of carbonyl (C=O) groups excluding carboxylic acids is 1. The van der Waals surface area contributed by atoms with Crippen LogP contribution in [0, 0.1) is 0 Å². The van der Waals surface area contributed by atoms with Crippen molar-refractivity contribution in [3.8, 4) is 0 Å². The molecule has 0 aliphatic rings. The molecule has 0 saturated heterocycles. The van der Waals surface area contributed by atoms with Crippen molar-refractivity contribution in [1.82, 2.24) is 9.88 Å². The first-order valence-corrected chi connectivity index (χ1v) is 6.18. The molecule has 1 aromatic rings. The van der Waals surface area contributed by atoms with E-state index in [1.807, 2.05) is 0 Å².